The van der Waals surface area contributed by atoms with Crippen LogP contribution in [0.5, 0.6) is 5.88 Å². The molecule has 0 atom stereocenters. The van der Waals surface area contributed by atoms with E-state index >= 15 is 0 Å². The zero-order valence-electron chi connectivity index (χ0n) is 13.8. The van der Waals surface area contributed by atoms with Gasteiger partial charge in [0, 0.05) is 16.9 Å². The Hall–Kier alpha value is -2.60. The predicted molar refractivity (Wildman–Crippen MR) is 96.0 cm³/mol. The summed E-state index contributed by atoms with van der Waals surface area (Å²) in [5.41, 5.74) is -5.38. The number of hydrogen-bond acceptors (Lipinski definition) is 5. The first-order chi connectivity index (χ1) is 13.0. The van der Waals surface area contributed by atoms with E-state index in [-0.39, 0.29) is 12.2 Å². The van der Waals surface area contributed by atoms with Crippen LogP contribution in [0.1, 0.15) is 5.56 Å². The van der Waals surface area contributed by atoms with E-state index in [1.807, 2.05) is 0 Å². The van der Waals surface area contributed by atoms with Crippen LogP contribution in [-0.4, -0.2) is 33.2 Å². The third-order valence-corrected chi connectivity index (χ3v) is 6.06. The Morgan fingerprint density at radius 1 is 1.14 bits per heavy atom. The topological polar surface area (TPSA) is 94.2 Å². The van der Waals surface area contributed by atoms with Gasteiger partial charge in [-0.1, -0.05) is 0 Å². The quantitative estimate of drug-likeness (QED) is 0.623. The normalized spacial score (nSPS) is 12.3. The average molecular weight is 478 g/mol. The smallest absolute Gasteiger partial charge is 0.493 e. The Labute approximate surface area is 164 Å². The van der Waals surface area contributed by atoms with Crippen LogP contribution in [0.3, 0.4) is 0 Å². The van der Waals surface area contributed by atoms with E-state index in [1.165, 1.54) is 17.0 Å². The molecule has 0 bridgehead atoms. The van der Waals surface area contributed by atoms with Crippen LogP contribution in [0.15, 0.2) is 63.1 Å². The molecule has 2 heterocycles. The molecule has 28 heavy (non-hydrogen) atoms. The Kier molecular flexibility index (Phi) is 5.10. The Bertz CT molecular complexity index is 1190. The van der Waals surface area contributed by atoms with Crippen LogP contribution in [0, 0.1) is 0 Å². The largest absolute Gasteiger partial charge is 0.501 e. The molecule has 0 aliphatic carbocycles. The van der Waals surface area contributed by atoms with Gasteiger partial charge in [-0.3, -0.25) is 9.55 Å². The van der Waals surface area contributed by atoms with Crippen molar-refractivity contribution >= 4 is 25.8 Å². The summed E-state index contributed by atoms with van der Waals surface area (Å²) in [5, 5.41) is 10.1. The van der Waals surface area contributed by atoms with Gasteiger partial charge in [-0.2, -0.15) is 13.2 Å². The molecule has 7 nitrogen and oxygen atoms in total. The number of sulfone groups is 1. The highest BCUT2D eigenvalue weighted by Crippen LogP contribution is 2.30. The van der Waals surface area contributed by atoms with Gasteiger partial charge >= 0.3 is 11.2 Å². The van der Waals surface area contributed by atoms with E-state index in [9.17, 15) is 31.5 Å². The highest BCUT2D eigenvalue weighted by Gasteiger charge is 2.46. The van der Waals surface area contributed by atoms with Crippen molar-refractivity contribution in [3.05, 3.63) is 69.4 Å². The first-order valence-electron chi connectivity index (χ1n) is 7.53. The molecular weight excluding hydrogens is 467 g/mol. The van der Waals surface area contributed by atoms with Crippen molar-refractivity contribution in [3.8, 4) is 11.6 Å². The Morgan fingerprint density at radius 3 is 2.36 bits per heavy atom. The molecule has 0 aliphatic rings. The molecule has 148 valence electrons. The van der Waals surface area contributed by atoms with Gasteiger partial charge in [-0.15, -0.1) is 0 Å². The number of nitrogens with zero attached hydrogens (tertiary/aromatic N) is 3. The summed E-state index contributed by atoms with van der Waals surface area (Å²) >= 11 is 3.30. The molecule has 12 heteroatoms. The zero-order valence-corrected chi connectivity index (χ0v) is 16.2. The van der Waals surface area contributed by atoms with Gasteiger partial charge in [0.15, 0.2) is 0 Å². The van der Waals surface area contributed by atoms with E-state index in [1.54, 1.807) is 6.07 Å². The summed E-state index contributed by atoms with van der Waals surface area (Å²) in [6.45, 7) is 0.100. The van der Waals surface area contributed by atoms with E-state index in [4.69, 9.17) is 0 Å². The van der Waals surface area contributed by atoms with Gasteiger partial charge in [0.25, 0.3) is 9.84 Å². The van der Waals surface area contributed by atoms with Crippen molar-refractivity contribution in [3.63, 3.8) is 0 Å². The second-order valence-electron chi connectivity index (χ2n) is 5.64. The van der Waals surface area contributed by atoms with Gasteiger partial charge in [-0.05, 0) is 51.8 Å². The van der Waals surface area contributed by atoms with Gasteiger partial charge in [-0.25, -0.2) is 17.8 Å². The van der Waals surface area contributed by atoms with Gasteiger partial charge in [0.1, 0.15) is 0 Å². The Morgan fingerprint density at radius 2 is 1.79 bits per heavy atom. The van der Waals surface area contributed by atoms with Crippen molar-refractivity contribution in [1.82, 2.24) is 14.1 Å². The Balaban J connectivity index is 1.98. The minimum absolute atomic E-state index is 0.0103. The molecule has 2 aromatic heterocycles. The molecule has 1 aromatic carbocycles. The molecule has 0 radical (unpaired) electrons. The fraction of sp³-hybridized carbons (Fsp3) is 0.125. The minimum atomic E-state index is -5.50. The summed E-state index contributed by atoms with van der Waals surface area (Å²) in [6, 6.07) is 5.13. The van der Waals surface area contributed by atoms with Gasteiger partial charge in [0.2, 0.25) is 5.88 Å². The molecule has 1 N–H and O–H groups in total. The number of hydrogen-bond donors (Lipinski definition) is 1. The monoisotopic (exact) mass is 477 g/mol. The molecule has 0 unspecified atom stereocenters. The lowest BCUT2D eigenvalue weighted by molar-refractivity contribution is -0.0436. The first kappa shape index (κ1) is 20.1. The molecule has 0 fully saturated rings. The second kappa shape index (κ2) is 7.09. The molecule has 0 spiro atoms. The number of benzene rings is 1. The van der Waals surface area contributed by atoms with Crippen molar-refractivity contribution in [2.24, 2.45) is 0 Å². The maximum absolute atomic E-state index is 12.6. The standard InChI is InChI=1S/C16H11BrF3N3O4S/c17-13-7-21-6-5-10(13)8-22-9-14(24)23(15(22)25)11-1-3-12(4-2-11)28(26,27)16(18,19)20/h1-7,9,24H,8H2. The zero-order chi connectivity index (χ0) is 20.7. The van der Waals surface area contributed by atoms with E-state index < -0.39 is 31.8 Å². The van der Waals surface area contributed by atoms with Crippen molar-refractivity contribution in [2.45, 2.75) is 16.9 Å². The van der Waals surface area contributed by atoms with E-state index in [0.29, 0.717) is 10.0 Å². The van der Waals surface area contributed by atoms with Crippen molar-refractivity contribution < 1.29 is 26.7 Å². The third kappa shape index (κ3) is 3.56. The van der Waals surface area contributed by atoms with Crippen molar-refractivity contribution in [1.29, 1.82) is 0 Å². The summed E-state index contributed by atoms with van der Waals surface area (Å²) in [4.78, 5) is 15.5. The average Bonchev–Trinajstić information content (AvgIpc) is 2.89. The third-order valence-electron chi connectivity index (χ3n) is 3.84. The maximum Gasteiger partial charge on any atom is 0.501 e. The molecule has 3 rings (SSSR count). The lowest BCUT2D eigenvalue weighted by atomic mass is 10.3. The lowest BCUT2D eigenvalue weighted by Gasteiger charge is -2.09. The number of halogens is 4. The lowest BCUT2D eigenvalue weighted by Crippen LogP contribution is -2.24. The maximum atomic E-state index is 12.6. The fourth-order valence-electron chi connectivity index (χ4n) is 2.46. The summed E-state index contributed by atoms with van der Waals surface area (Å²) in [5.74, 6) is -0.457. The molecule has 0 saturated carbocycles. The number of alkyl halides is 3. The molecule has 0 aliphatic heterocycles. The summed E-state index contributed by atoms with van der Waals surface area (Å²) in [7, 11) is -5.50. The summed E-state index contributed by atoms with van der Waals surface area (Å²) in [6.07, 6.45) is 4.23. The highest BCUT2D eigenvalue weighted by atomic mass is 79.9. The molecular formula is C16H11BrF3N3O4S. The van der Waals surface area contributed by atoms with Gasteiger partial charge in [0.05, 0.1) is 23.3 Å². The van der Waals surface area contributed by atoms with Crippen LogP contribution in [0.25, 0.3) is 5.69 Å². The SMILES string of the molecule is O=c1n(Cc2ccncc2Br)cc(O)n1-c1ccc(S(=O)(=O)C(F)(F)F)cc1. The number of aromatic nitrogens is 3. The van der Waals surface area contributed by atoms with Crippen molar-refractivity contribution in [2.75, 3.05) is 0 Å². The number of pyridine rings is 1. The molecule has 3 aromatic rings. The fourth-order valence-corrected chi connectivity index (χ4v) is 3.60. The number of imidazole rings is 1. The molecule has 0 saturated heterocycles. The van der Waals surface area contributed by atoms with Crippen LogP contribution in [0.2, 0.25) is 0 Å². The van der Waals surface area contributed by atoms with Crippen LogP contribution in [0.4, 0.5) is 13.2 Å². The van der Waals surface area contributed by atoms with Gasteiger partial charge < -0.3 is 5.11 Å². The van der Waals surface area contributed by atoms with E-state index in [0.717, 1.165) is 35.0 Å². The van der Waals surface area contributed by atoms with E-state index in [2.05, 4.69) is 20.9 Å². The van der Waals surface area contributed by atoms with Crippen LogP contribution >= 0.6 is 15.9 Å². The van der Waals surface area contributed by atoms with Crippen LogP contribution < -0.4 is 5.69 Å². The number of aromatic hydroxyl groups is 1. The predicted octanol–water partition coefficient (Wildman–Crippen LogP) is 2.84. The first-order valence-corrected chi connectivity index (χ1v) is 9.81. The minimum Gasteiger partial charge on any atom is -0.493 e. The molecule has 0 amide bonds. The highest BCUT2D eigenvalue weighted by molar-refractivity contribution is 9.10. The number of rotatable bonds is 4. The summed E-state index contributed by atoms with van der Waals surface area (Å²) < 4.78 is 63.4. The van der Waals surface area contributed by atoms with Crippen LogP contribution in [-0.2, 0) is 16.4 Å². The second-order valence-corrected chi connectivity index (χ2v) is 8.44.